The summed E-state index contributed by atoms with van der Waals surface area (Å²) in [5.74, 6) is 1.80. The van der Waals surface area contributed by atoms with Gasteiger partial charge in [-0.05, 0) is 25.3 Å². The number of rotatable bonds is 5. The van der Waals surface area contributed by atoms with Gasteiger partial charge in [0, 0.05) is 6.42 Å². The summed E-state index contributed by atoms with van der Waals surface area (Å²) in [5.41, 5.74) is 5.76. The maximum atomic E-state index is 5.87. The van der Waals surface area contributed by atoms with Crippen LogP contribution < -0.4 is 5.73 Å². The molecular weight excluding hydrogens is 218 g/mol. The molecule has 17 heavy (non-hydrogen) atoms. The molecule has 2 atom stereocenters. The van der Waals surface area contributed by atoms with E-state index in [1.807, 2.05) is 6.92 Å². The van der Waals surface area contributed by atoms with Crippen molar-refractivity contribution in [3.8, 4) is 0 Å². The Hall–Kier alpha value is -0.940. The van der Waals surface area contributed by atoms with Crippen LogP contribution in [0.2, 0.25) is 0 Å². The average molecular weight is 239 g/mol. The van der Waals surface area contributed by atoms with Crippen LogP contribution in [0.25, 0.3) is 0 Å². The highest BCUT2D eigenvalue weighted by atomic mass is 16.5. The van der Waals surface area contributed by atoms with Gasteiger partial charge in [-0.25, -0.2) is 0 Å². The van der Waals surface area contributed by atoms with E-state index in [-0.39, 0.29) is 6.10 Å². The SMILES string of the molecule is CCc1nc(COC2CCCCC2CN)no1. The molecule has 0 radical (unpaired) electrons. The monoisotopic (exact) mass is 239 g/mol. The van der Waals surface area contributed by atoms with Gasteiger partial charge < -0.3 is 15.0 Å². The van der Waals surface area contributed by atoms with E-state index in [0.29, 0.717) is 30.8 Å². The van der Waals surface area contributed by atoms with E-state index in [1.54, 1.807) is 0 Å². The third-order valence-electron chi connectivity index (χ3n) is 3.38. The maximum Gasteiger partial charge on any atom is 0.226 e. The van der Waals surface area contributed by atoms with Crippen molar-refractivity contribution in [2.24, 2.45) is 11.7 Å². The number of hydrogen-bond acceptors (Lipinski definition) is 5. The first-order chi connectivity index (χ1) is 8.33. The lowest BCUT2D eigenvalue weighted by Gasteiger charge is -2.30. The number of nitrogens with zero attached hydrogens (tertiary/aromatic N) is 2. The average Bonchev–Trinajstić information content (AvgIpc) is 2.84. The number of aryl methyl sites for hydroxylation is 1. The molecule has 1 aliphatic carbocycles. The van der Waals surface area contributed by atoms with Gasteiger partial charge in [0.25, 0.3) is 0 Å². The first-order valence-corrected chi connectivity index (χ1v) is 6.46. The van der Waals surface area contributed by atoms with Crippen molar-refractivity contribution in [3.05, 3.63) is 11.7 Å². The molecule has 0 bridgehead atoms. The lowest BCUT2D eigenvalue weighted by molar-refractivity contribution is -0.0215. The largest absolute Gasteiger partial charge is 0.370 e. The van der Waals surface area contributed by atoms with E-state index >= 15 is 0 Å². The van der Waals surface area contributed by atoms with Crippen LogP contribution in [-0.4, -0.2) is 22.8 Å². The lowest BCUT2D eigenvalue weighted by atomic mass is 9.86. The van der Waals surface area contributed by atoms with Crippen LogP contribution in [0.3, 0.4) is 0 Å². The van der Waals surface area contributed by atoms with Crippen molar-refractivity contribution in [2.75, 3.05) is 6.54 Å². The quantitative estimate of drug-likeness (QED) is 0.846. The molecule has 0 aliphatic heterocycles. The number of hydrogen-bond donors (Lipinski definition) is 1. The van der Waals surface area contributed by atoms with Crippen LogP contribution in [0.1, 0.15) is 44.3 Å². The van der Waals surface area contributed by atoms with E-state index in [1.165, 1.54) is 19.3 Å². The molecule has 1 aromatic rings. The zero-order valence-electron chi connectivity index (χ0n) is 10.4. The van der Waals surface area contributed by atoms with Gasteiger partial charge in [0.15, 0.2) is 5.82 Å². The highest BCUT2D eigenvalue weighted by molar-refractivity contribution is 4.84. The summed E-state index contributed by atoms with van der Waals surface area (Å²) in [6, 6.07) is 0. The summed E-state index contributed by atoms with van der Waals surface area (Å²) in [6.07, 6.45) is 5.80. The van der Waals surface area contributed by atoms with Crippen LogP contribution in [0, 0.1) is 5.92 Å². The molecule has 1 aromatic heterocycles. The Bertz CT molecular complexity index is 340. The number of aromatic nitrogens is 2. The molecule has 0 amide bonds. The smallest absolute Gasteiger partial charge is 0.226 e. The minimum atomic E-state index is 0.261. The normalized spacial score (nSPS) is 25.1. The van der Waals surface area contributed by atoms with Crippen LogP contribution >= 0.6 is 0 Å². The van der Waals surface area contributed by atoms with Gasteiger partial charge in [-0.2, -0.15) is 4.98 Å². The molecule has 1 fully saturated rings. The van der Waals surface area contributed by atoms with Crippen LogP contribution in [0.5, 0.6) is 0 Å². The summed E-state index contributed by atoms with van der Waals surface area (Å²) in [6.45, 7) is 3.13. The predicted molar refractivity (Wildman–Crippen MR) is 63.3 cm³/mol. The molecule has 5 nitrogen and oxygen atoms in total. The molecule has 2 unspecified atom stereocenters. The second-order valence-corrected chi connectivity index (χ2v) is 4.59. The summed E-state index contributed by atoms with van der Waals surface area (Å²) < 4.78 is 10.9. The molecule has 1 heterocycles. The van der Waals surface area contributed by atoms with Crippen molar-refractivity contribution >= 4 is 0 Å². The Kier molecular flexibility index (Phi) is 4.50. The molecule has 0 spiro atoms. The minimum Gasteiger partial charge on any atom is -0.370 e. The molecule has 1 aliphatic rings. The number of ether oxygens (including phenoxy) is 1. The fourth-order valence-electron chi connectivity index (χ4n) is 2.34. The van der Waals surface area contributed by atoms with Gasteiger partial charge in [-0.15, -0.1) is 0 Å². The Balaban J connectivity index is 1.83. The summed E-state index contributed by atoms with van der Waals surface area (Å²) in [5, 5.41) is 3.88. The topological polar surface area (TPSA) is 74.2 Å². The van der Waals surface area contributed by atoms with Crippen LogP contribution in [0.15, 0.2) is 4.52 Å². The van der Waals surface area contributed by atoms with Crippen molar-refractivity contribution in [2.45, 2.75) is 51.7 Å². The zero-order chi connectivity index (χ0) is 12.1. The molecule has 5 heteroatoms. The Morgan fingerprint density at radius 1 is 1.41 bits per heavy atom. The van der Waals surface area contributed by atoms with Gasteiger partial charge >= 0.3 is 0 Å². The van der Waals surface area contributed by atoms with Gasteiger partial charge in [-0.3, -0.25) is 0 Å². The summed E-state index contributed by atoms with van der Waals surface area (Å²) in [4.78, 5) is 4.23. The Labute approximate surface area is 102 Å². The molecular formula is C12H21N3O2. The van der Waals surface area contributed by atoms with Gasteiger partial charge in [0.05, 0.1) is 6.10 Å². The van der Waals surface area contributed by atoms with E-state index < -0.39 is 0 Å². The van der Waals surface area contributed by atoms with E-state index in [9.17, 15) is 0 Å². The Morgan fingerprint density at radius 2 is 2.24 bits per heavy atom. The van der Waals surface area contributed by atoms with Gasteiger partial charge in [0.2, 0.25) is 5.89 Å². The molecule has 2 N–H and O–H groups in total. The van der Waals surface area contributed by atoms with E-state index in [2.05, 4.69) is 10.1 Å². The van der Waals surface area contributed by atoms with Crippen LogP contribution in [-0.2, 0) is 17.8 Å². The van der Waals surface area contributed by atoms with Crippen molar-refractivity contribution in [1.29, 1.82) is 0 Å². The van der Waals surface area contributed by atoms with Crippen molar-refractivity contribution < 1.29 is 9.26 Å². The fourth-order valence-corrected chi connectivity index (χ4v) is 2.34. The van der Waals surface area contributed by atoms with Gasteiger partial charge in [-0.1, -0.05) is 24.9 Å². The maximum absolute atomic E-state index is 5.87. The lowest BCUT2D eigenvalue weighted by Crippen LogP contribution is -2.33. The molecule has 2 rings (SSSR count). The van der Waals surface area contributed by atoms with E-state index in [0.717, 1.165) is 12.8 Å². The third-order valence-corrected chi connectivity index (χ3v) is 3.38. The van der Waals surface area contributed by atoms with Crippen molar-refractivity contribution in [1.82, 2.24) is 10.1 Å². The van der Waals surface area contributed by atoms with Gasteiger partial charge in [0.1, 0.15) is 6.61 Å². The van der Waals surface area contributed by atoms with E-state index in [4.69, 9.17) is 15.0 Å². The number of nitrogens with two attached hydrogens (primary N) is 1. The second kappa shape index (κ2) is 6.12. The fraction of sp³-hybridized carbons (Fsp3) is 0.833. The molecule has 0 saturated heterocycles. The first-order valence-electron chi connectivity index (χ1n) is 6.46. The van der Waals surface area contributed by atoms with Crippen molar-refractivity contribution in [3.63, 3.8) is 0 Å². The molecule has 96 valence electrons. The minimum absolute atomic E-state index is 0.261. The summed E-state index contributed by atoms with van der Waals surface area (Å²) in [7, 11) is 0. The second-order valence-electron chi connectivity index (χ2n) is 4.59. The molecule has 1 saturated carbocycles. The summed E-state index contributed by atoms with van der Waals surface area (Å²) >= 11 is 0. The third kappa shape index (κ3) is 3.26. The zero-order valence-corrected chi connectivity index (χ0v) is 10.4. The predicted octanol–water partition coefficient (Wildman–Crippen LogP) is 1.67. The highest BCUT2D eigenvalue weighted by Gasteiger charge is 2.24. The van der Waals surface area contributed by atoms with Crippen LogP contribution in [0.4, 0.5) is 0 Å². The molecule has 0 aromatic carbocycles. The highest BCUT2D eigenvalue weighted by Crippen LogP contribution is 2.26. The Morgan fingerprint density at radius 3 is 2.94 bits per heavy atom. The standard InChI is InChI=1S/C12H21N3O2/c1-2-12-14-11(15-17-12)8-16-10-6-4-3-5-9(10)7-13/h9-10H,2-8,13H2,1H3. The first kappa shape index (κ1) is 12.5.